The van der Waals surface area contributed by atoms with Crippen molar-refractivity contribution < 1.29 is 19.1 Å². The number of nitrogens with one attached hydrogen (secondary N) is 1. The molecule has 2 aromatic carbocycles. The minimum Gasteiger partial charge on any atom is -0.452 e. The van der Waals surface area contributed by atoms with E-state index in [1.165, 1.54) is 0 Å². The second-order valence-electron chi connectivity index (χ2n) is 6.40. The molecule has 1 aromatic heterocycles. The van der Waals surface area contributed by atoms with Gasteiger partial charge in [0.1, 0.15) is 5.69 Å². The lowest BCUT2D eigenvalue weighted by Crippen LogP contribution is -2.35. The number of carbonyl (C=O) groups is 3. The van der Waals surface area contributed by atoms with Crippen LogP contribution in [0.5, 0.6) is 0 Å². The van der Waals surface area contributed by atoms with Crippen LogP contribution in [0.15, 0.2) is 71.8 Å². The lowest BCUT2D eigenvalue weighted by atomic mass is 10.1. The topological polar surface area (TPSA) is 77.4 Å². The van der Waals surface area contributed by atoms with Crippen LogP contribution in [0.2, 0.25) is 5.02 Å². The predicted octanol–water partition coefficient (Wildman–Crippen LogP) is 4.08. The standard InChI is InChI=1S/C22H19ClN2O4S/c1-25-12-2-3-19(25)21(27)24-20(26)13-29-22(28)16-6-4-15(5-7-16)14-30-18-10-8-17(23)9-11-18/h2-12H,13-14H2,1H3,(H,24,26,27). The van der Waals surface area contributed by atoms with Gasteiger partial charge in [0.15, 0.2) is 6.61 Å². The number of imide groups is 1. The van der Waals surface area contributed by atoms with Crippen LogP contribution in [0.3, 0.4) is 0 Å². The minimum atomic E-state index is -0.689. The first kappa shape index (κ1) is 21.7. The zero-order valence-electron chi connectivity index (χ0n) is 16.1. The second-order valence-corrected chi connectivity index (χ2v) is 7.88. The Morgan fingerprint density at radius 2 is 1.73 bits per heavy atom. The number of nitrogens with zero attached hydrogens (tertiary/aromatic N) is 1. The Labute approximate surface area is 183 Å². The zero-order valence-corrected chi connectivity index (χ0v) is 17.7. The zero-order chi connectivity index (χ0) is 21.5. The third-order valence-corrected chi connectivity index (χ3v) is 5.51. The van der Waals surface area contributed by atoms with Gasteiger partial charge in [-0.05, 0) is 54.1 Å². The maximum Gasteiger partial charge on any atom is 0.338 e. The van der Waals surface area contributed by atoms with Crippen LogP contribution >= 0.6 is 23.4 Å². The fraction of sp³-hybridized carbons (Fsp3) is 0.136. The molecule has 0 spiro atoms. The summed E-state index contributed by atoms with van der Waals surface area (Å²) in [4.78, 5) is 37.1. The molecule has 0 saturated heterocycles. The van der Waals surface area contributed by atoms with Crippen molar-refractivity contribution in [1.29, 1.82) is 0 Å². The number of hydrogen-bond donors (Lipinski definition) is 1. The van der Waals surface area contributed by atoms with Gasteiger partial charge in [0, 0.05) is 28.9 Å². The van der Waals surface area contributed by atoms with E-state index < -0.39 is 24.4 Å². The molecule has 0 bridgehead atoms. The Kier molecular flexibility index (Phi) is 7.32. The van der Waals surface area contributed by atoms with Crippen LogP contribution < -0.4 is 5.32 Å². The van der Waals surface area contributed by atoms with Crippen molar-refractivity contribution >= 4 is 41.1 Å². The van der Waals surface area contributed by atoms with E-state index in [0.717, 1.165) is 16.2 Å². The van der Waals surface area contributed by atoms with E-state index >= 15 is 0 Å². The van der Waals surface area contributed by atoms with Crippen molar-refractivity contribution in [2.45, 2.75) is 10.6 Å². The van der Waals surface area contributed by atoms with Gasteiger partial charge < -0.3 is 9.30 Å². The third kappa shape index (κ3) is 5.98. The molecule has 0 unspecified atom stereocenters. The van der Waals surface area contributed by atoms with E-state index in [9.17, 15) is 14.4 Å². The Hall–Kier alpha value is -3.03. The summed E-state index contributed by atoms with van der Waals surface area (Å²) >= 11 is 7.53. The van der Waals surface area contributed by atoms with Crippen molar-refractivity contribution in [2.24, 2.45) is 7.05 Å². The first-order chi connectivity index (χ1) is 14.4. The highest BCUT2D eigenvalue weighted by Crippen LogP contribution is 2.24. The first-order valence-corrected chi connectivity index (χ1v) is 10.4. The average molecular weight is 443 g/mol. The number of benzene rings is 2. The largest absolute Gasteiger partial charge is 0.452 e. The SMILES string of the molecule is Cn1cccc1C(=O)NC(=O)COC(=O)c1ccc(CSc2ccc(Cl)cc2)cc1. The number of aryl methyl sites for hydroxylation is 1. The van der Waals surface area contributed by atoms with Gasteiger partial charge >= 0.3 is 5.97 Å². The number of amides is 2. The molecule has 0 aliphatic rings. The van der Waals surface area contributed by atoms with Crippen LogP contribution in [0.25, 0.3) is 0 Å². The number of esters is 1. The maximum absolute atomic E-state index is 12.1. The van der Waals surface area contributed by atoms with E-state index in [2.05, 4.69) is 5.32 Å². The van der Waals surface area contributed by atoms with E-state index in [-0.39, 0.29) is 0 Å². The summed E-state index contributed by atoms with van der Waals surface area (Å²) in [6, 6.07) is 17.8. The van der Waals surface area contributed by atoms with Gasteiger partial charge in [-0.25, -0.2) is 4.79 Å². The van der Waals surface area contributed by atoms with Crippen molar-refractivity contribution in [3.63, 3.8) is 0 Å². The summed E-state index contributed by atoms with van der Waals surface area (Å²) in [5.74, 6) is -1.13. The number of rotatable bonds is 7. The van der Waals surface area contributed by atoms with Crippen LogP contribution in [0.1, 0.15) is 26.4 Å². The monoisotopic (exact) mass is 442 g/mol. The third-order valence-electron chi connectivity index (χ3n) is 4.17. The van der Waals surface area contributed by atoms with Crippen LogP contribution in [-0.2, 0) is 22.3 Å². The Balaban J connectivity index is 1.46. The molecule has 3 rings (SSSR count). The Bertz CT molecular complexity index is 1050. The van der Waals surface area contributed by atoms with Gasteiger partial charge in [0.2, 0.25) is 0 Å². The fourth-order valence-electron chi connectivity index (χ4n) is 2.57. The fourth-order valence-corrected chi connectivity index (χ4v) is 3.55. The number of carbonyl (C=O) groups excluding carboxylic acids is 3. The number of hydrogen-bond acceptors (Lipinski definition) is 5. The van der Waals surface area contributed by atoms with Crippen molar-refractivity contribution in [2.75, 3.05) is 6.61 Å². The van der Waals surface area contributed by atoms with Gasteiger partial charge in [0.25, 0.3) is 11.8 Å². The molecule has 1 N–H and O–H groups in total. The number of ether oxygens (including phenoxy) is 1. The van der Waals surface area contributed by atoms with E-state index in [1.54, 1.807) is 53.8 Å². The van der Waals surface area contributed by atoms with Crippen molar-refractivity contribution in [3.8, 4) is 0 Å². The van der Waals surface area contributed by atoms with Gasteiger partial charge in [0.05, 0.1) is 5.56 Å². The number of thioether (sulfide) groups is 1. The molecule has 0 fully saturated rings. The summed E-state index contributed by atoms with van der Waals surface area (Å²) in [6.45, 7) is -0.539. The highest BCUT2D eigenvalue weighted by molar-refractivity contribution is 7.98. The van der Waals surface area contributed by atoms with Crippen LogP contribution in [0, 0.1) is 0 Å². The first-order valence-electron chi connectivity index (χ1n) is 9.02. The van der Waals surface area contributed by atoms with Crippen molar-refractivity contribution in [1.82, 2.24) is 9.88 Å². The Morgan fingerprint density at radius 3 is 2.37 bits per heavy atom. The number of aromatic nitrogens is 1. The molecular weight excluding hydrogens is 424 g/mol. The van der Waals surface area contributed by atoms with Crippen LogP contribution in [-0.4, -0.2) is 29.0 Å². The summed E-state index contributed by atoms with van der Waals surface area (Å²) in [7, 11) is 1.69. The second kappa shape index (κ2) is 10.1. The van der Waals surface area contributed by atoms with E-state index in [1.807, 2.05) is 36.4 Å². The molecule has 154 valence electrons. The molecule has 1 heterocycles. The molecule has 0 saturated carbocycles. The van der Waals surface area contributed by atoms with E-state index in [4.69, 9.17) is 16.3 Å². The van der Waals surface area contributed by atoms with Gasteiger partial charge in [-0.1, -0.05) is 23.7 Å². The number of halogens is 1. The molecule has 30 heavy (non-hydrogen) atoms. The summed E-state index contributed by atoms with van der Waals surface area (Å²) < 4.78 is 6.58. The summed E-state index contributed by atoms with van der Waals surface area (Å²) in [6.07, 6.45) is 1.69. The van der Waals surface area contributed by atoms with Gasteiger partial charge in [-0.15, -0.1) is 11.8 Å². The lowest BCUT2D eigenvalue weighted by Gasteiger charge is -2.07. The summed E-state index contributed by atoms with van der Waals surface area (Å²) in [5.41, 5.74) is 1.70. The molecule has 0 aliphatic carbocycles. The van der Waals surface area contributed by atoms with Gasteiger partial charge in [-0.3, -0.25) is 14.9 Å². The quantitative estimate of drug-likeness (QED) is 0.440. The molecule has 8 heteroatoms. The maximum atomic E-state index is 12.1. The minimum absolute atomic E-state index is 0.330. The molecule has 6 nitrogen and oxygen atoms in total. The van der Waals surface area contributed by atoms with Gasteiger partial charge in [-0.2, -0.15) is 0 Å². The van der Waals surface area contributed by atoms with Crippen molar-refractivity contribution in [3.05, 3.63) is 88.7 Å². The predicted molar refractivity (Wildman–Crippen MR) is 116 cm³/mol. The smallest absolute Gasteiger partial charge is 0.338 e. The molecule has 0 aliphatic heterocycles. The normalized spacial score (nSPS) is 10.5. The highest BCUT2D eigenvalue weighted by atomic mass is 35.5. The molecular formula is C22H19ClN2O4S. The van der Waals surface area contributed by atoms with Crippen LogP contribution in [0.4, 0.5) is 0 Å². The average Bonchev–Trinajstić information content (AvgIpc) is 3.18. The highest BCUT2D eigenvalue weighted by Gasteiger charge is 2.15. The summed E-state index contributed by atoms with van der Waals surface area (Å²) in [5, 5.41) is 2.88. The molecule has 3 aromatic rings. The molecule has 0 atom stereocenters. The Morgan fingerprint density at radius 1 is 1.03 bits per heavy atom. The molecule has 0 radical (unpaired) electrons. The van der Waals surface area contributed by atoms with E-state index in [0.29, 0.717) is 16.3 Å². The molecule has 2 amide bonds. The lowest BCUT2D eigenvalue weighted by molar-refractivity contribution is -0.123.